The number of hydrogen-bond acceptors (Lipinski definition) is 4. The van der Waals surface area contributed by atoms with Gasteiger partial charge in [0, 0.05) is 4.90 Å². The van der Waals surface area contributed by atoms with Gasteiger partial charge in [0.2, 0.25) is 0 Å². The predicted octanol–water partition coefficient (Wildman–Crippen LogP) is 4.37. The Morgan fingerprint density at radius 3 is 2.33 bits per heavy atom. The molecule has 0 aliphatic rings. The van der Waals surface area contributed by atoms with E-state index in [1.54, 1.807) is 11.8 Å². The van der Waals surface area contributed by atoms with Crippen molar-refractivity contribution in [3.8, 4) is 5.75 Å². The van der Waals surface area contributed by atoms with Crippen molar-refractivity contribution in [1.82, 2.24) is 9.78 Å². The number of carbonyl (C=O) groups excluding carboxylic acids is 1. The fraction of sp³-hybridized carbons (Fsp3) is 0.158. The van der Waals surface area contributed by atoms with E-state index in [-0.39, 0.29) is 12.5 Å². The summed E-state index contributed by atoms with van der Waals surface area (Å²) in [6.45, 7) is 3.78. The number of para-hydroxylation sites is 1. The maximum absolute atomic E-state index is 12.4. The Bertz CT molecular complexity index is 829. The van der Waals surface area contributed by atoms with Gasteiger partial charge < -0.3 is 4.74 Å². The number of carbonyl (C=O) groups is 1. The molecular formula is C19H18N2O2S. The van der Waals surface area contributed by atoms with Crippen molar-refractivity contribution in [1.29, 1.82) is 0 Å². The minimum Gasteiger partial charge on any atom is -0.484 e. The normalized spacial score (nSPS) is 10.6. The van der Waals surface area contributed by atoms with Gasteiger partial charge >= 0.3 is 0 Å². The summed E-state index contributed by atoms with van der Waals surface area (Å²) in [5.41, 5.74) is 1.68. The van der Waals surface area contributed by atoms with Crippen LogP contribution in [0.25, 0.3) is 0 Å². The standard InChI is InChI=1S/C19H18N2O2S/c1-14-19(24-17-11-7-4-8-12-17)15(2)21(20-14)18(22)13-23-16-9-5-3-6-10-16/h3-12H,13H2,1-2H3. The van der Waals surface area contributed by atoms with E-state index in [1.165, 1.54) is 4.68 Å². The monoisotopic (exact) mass is 338 g/mol. The average Bonchev–Trinajstić information content (AvgIpc) is 2.90. The van der Waals surface area contributed by atoms with Crippen molar-refractivity contribution in [3.63, 3.8) is 0 Å². The minimum atomic E-state index is -0.181. The zero-order chi connectivity index (χ0) is 16.9. The second kappa shape index (κ2) is 7.36. The summed E-state index contributed by atoms with van der Waals surface area (Å²) in [6.07, 6.45) is 0. The molecule has 0 fully saturated rings. The number of aromatic nitrogens is 2. The first kappa shape index (κ1) is 16.3. The molecular weight excluding hydrogens is 320 g/mol. The molecule has 0 aliphatic heterocycles. The van der Waals surface area contributed by atoms with Gasteiger partial charge in [-0.2, -0.15) is 5.10 Å². The van der Waals surface area contributed by atoms with Crippen molar-refractivity contribution in [3.05, 3.63) is 72.1 Å². The van der Waals surface area contributed by atoms with Crippen LogP contribution in [0.5, 0.6) is 5.75 Å². The van der Waals surface area contributed by atoms with E-state index >= 15 is 0 Å². The van der Waals surface area contributed by atoms with Crippen molar-refractivity contribution < 1.29 is 9.53 Å². The smallest absolute Gasteiger partial charge is 0.285 e. The number of benzene rings is 2. The Morgan fingerprint density at radius 1 is 1.04 bits per heavy atom. The maximum Gasteiger partial charge on any atom is 0.285 e. The lowest BCUT2D eigenvalue weighted by atomic mass is 10.3. The van der Waals surface area contributed by atoms with Crippen LogP contribution in [0.2, 0.25) is 0 Å². The van der Waals surface area contributed by atoms with Crippen molar-refractivity contribution >= 4 is 17.7 Å². The van der Waals surface area contributed by atoms with Gasteiger partial charge in [0.1, 0.15) is 5.75 Å². The zero-order valence-electron chi connectivity index (χ0n) is 13.6. The number of hydrogen-bond donors (Lipinski definition) is 0. The molecule has 1 heterocycles. The van der Waals surface area contributed by atoms with Crippen molar-refractivity contribution in [2.24, 2.45) is 0 Å². The van der Waals surface area contributed by atoms with Crippen LogP contribution < -0.4 is 4.74 Å². The lowest BCUT2D eigenvalue weighted by molar-refractivity contribution is 0.0818. The lowest BCUT2D eigenvalue weighted by Gasteiger charge is -2.07. The molecule has 122 valence electrons. The van der Waals surface area contributed by atoms with E-state index in [9.17, 15) is 4.79 Å². The fourth-order valence-electron chi connectivity index (χ4n) is 2.35. The van der Waals surface area contributed by atoms with E-state index in [2.05, 4.69) is 5.10 Å². The highest BCUT2D eigenvalue weighted by molar-refractivity contribution is 7.99. The Kier molecular flexibility index (Phi) is 5.01. The van der Waals surface area contributed by atoms with E-state index in [0.717, 1.165) is 21.2 Å². The van der Waals surface area contributed by atoms with Gasteiger partial charge in [-0.25, -0.2) is 4.68 Å². The summed E-state index contributed by atoms with van der Waals surface area (Å²) in [5.74, 6) is 0.491. The van der Waals surface area contributed by atoms with Gasteiger partial charge in [-0.05, 0) is 38.1 Å². The first-order valence-corrected chi connectivity index (χ1v) is 8.47. The predicted molar refractivity (Wildman–Crippen MR) is 94.8 cm³/mol. The summed E-state index contributed by atoms with van der Waals surface area (Å²) in [4.78, 5) is 14.6. The van der Waals surface area contributed by atoms with Gasteiger partial charge in [-0.3, -0.25) is 4.79 Å². The zero-order valence-corrected chi connectivity index (χ0v) is 14.4. The average molecular weight is 338 g/mol. The molecule has 0 saturated carbocycles. The lowest BCUT2D eigenvalue weighted by Crippen LogP contribution is -2.21. The first-order valence-electron chi connectivity index (χ1n) is 7.65. The summed E-state index contributed by atoms with van der Waals surface area (Å²) in [5, 5.41) is 4.38. The number of ether oxygens (including phenoxy) is 1. The van der Waals surface area contributed by atoms with E-state index < -0.39 is 0 Å². The molecule has 4 nitrogen and oxygen atoms in total. The molecule has 0 saturated heterocycles. The highest BCUT2D eigenvalue weighted by atomic mass is 32.2. The Morgan fingerprint density at radius 2 is 1.67 bits per heavy atom. The largest absolute Gasteiger partial charge is 0.484 e. The van der Waals surface area contributed by atoms with Crippen LogP contribution in [-0.2, 0) is 0 Å². The topological polar surface area (TPSA) is 44.1 Å². The minimum absolute atomic E-state index is 0.0403. The maximum atomic E-state index is 12.4. The summed E-state index contributed by atoms with van der Waals surface area (Å²) < 4.78 is 6.96. The molecule has 0 N–H and O–H groups in total. The molecule has 0 spiro atoms. The SMILES string of the molecule is Cc1nn(C(=O)COc2ccccc2)c(C)c1Sc1ccccc1. The van der Waals surface area contributed by atoms with Crippen LogP contribution in [0.1, 0.15) is 16.2 Å². The molecule has 0 unspecified atom stereocenters. The van der Waals surface area contributed by atoms with Gasteiger partial charge in [-0.1, -0.05) is 48.2 Å². The van der Waals surface area contributed by atoms with E-state index in [1.807, 2.05) is 74.5 Å². The third-order valence-electron chi connectivity index (χ3n) is 3.53. The third kappa shape index (κ3) is 3.68. The fourth-order valence-corrected chi connectivity index (χ4v) is 3.30. The van der Waals surface area contributed by atoms with Crippen molar-refractivity contribution in [2.45, 2.75) is 23.6 Å². The molecule has 0 atom stereocenters. The highest BCUT2D eigenvalue weighted by Gasteiger charge is 2.17. The highest BCUT2D eigenvalue weighted by Crippen LogP contribution is 2.32. The molecule has 3 aromatic rings. The Hall–Kier alpha value is -2.53. The quantitative estimate of drug-likeness (QED) is 0.693. The number of nitrogens with zero attached hydrogens (tertiary/aromatic N) is 2. The van der Waals surface area contributed by atoms with Gasteiger partial charge in [0.15, 0.2) is 6.61 Å². The second-order valence-corrected chi connectivity index (χ2v) is 6.41. The Balaban J connectivity index is 1.74. The van der Waals surface area contributed by atoms with Crippen LogP contribution in [0, 0.1) is 13.8 Å². The first-order chi connectivity index (χ1) is 11.6. The van der Waals surface area contributed by atoms with Gasteiger partial charge in [-0.15, -0.1) is 0 Å². The molecule has 0 amide bonds. The third-order valence-corrected chi connectivity index (χ3v) is 4.83. The van der Waals surface area contributed by atoms with Crippen LogP contribution in [0.3, 0.4) is 0 Å². The van der Waals surface area contributed by atoms with E-state index in [0.29, 0.717) is 5.75 Å². The molecule has 0 radical (unpaired) electrons. The molecule has 24 heavy (non-hydrogen) atoms. The van der Waals surface area contributed by atoms with Crippen LogP contribution in [0.15, 0.2) is 70.5 Å². The number of rotatable bonds is 5. The van der Waals surface area contributed by atoms with Crippen LogP contribution >= 0.6 is 11.8 Å². The van der Waals surface area contributed by atoms with Gasteiger partial charge in [0.25, 0.3) is 5.91 Å². The second-order valence-electron chi connectivity index (χ2n) is 5.32. The van der Waals surface area contributed by atoms with Crippen LogP contribution in [0.4, 0.5) is 0 Å². The summed E-state index contributed by atoms with van der Waals surface area (Å²) in [7, 11) is 0. The molecule has 0 aliphatic carbocycles. The molecule has 2 aromatic carbocycles. The summed E-state index contributed by atoms with van der Waals surface area (Å²) in [6, 6.07) is 19.4. The molecule has 5 heteroatoms. The molecule has 0 bridgehead atoms. The molecule has 1 aromatic heterocycles. The number of aryl methyl sites for hydroxylation is 1. The van der Waals surface area contributed by atoms with E-state index in [4.69, 9.17) is 4.74 Å². The van der Waals surface area contributed by atoms with Crippen LogP contribution in [-0.4, -0.2) is 22.3 Å². The van der Waals surface area contributed by atoms with Crippen molar-refractivity contribution in [2.75, 3.05) is 6.61 Å². The summed E-state index contributed by atoms with van der Waals surface area (Å²) >= 11 is 1.62. The van der Waals surface area contributed by atoms with Gasteiger partial charge in [0.05, 0.1) is 16.3 Å². The Labute approximate surface area is 145 Å². The molecule has 3 rings (SSSR count).